The average Bonchev–Trinajstić information content (AvgIpc) is 3.55. The van der Waals surface area contributed by atoms with Gasteiger partial charge in [-0.3, -0.25) is 14.5 Å². The summed E-state index contributed by atoms with van der Waals surface area (Å²) in [6.07, 6.45) is 5.60. The molecule has 0 bridgehead atoms. The molecular formula is C23H26N4O3S. The highest BCUT2D eigenvalue weighted by atomic mass is 32.1. The molecule has 2 aromatic heterocycles. The van der Waals surface area contributed by atoms with Gasteiger partial charge in [0.2, 0.25) is 0 Å². The Morgan fingerprint density at radius 2 is 1.90 bits per heavy atom. The van der Waals surface area contributed by atoms with E-state index in [9.17, 15) is 9.59 Å². The van der Waals surface area contributed by atoms with Crippen molar-refractivity contribution in [2.24, 2.45) is 0 Å². The summed E-state index contributed by atoms with van der Waals surface area (Å²) in [6, 6.07) is 10.3. The number of anilines is 1. The van der Waals surface area contributed by atoms with Crippen molar-refractivity contribution in [1.82, 2.24) is 14.9 Å². The summed E-state index contributed by atoms with van der Waals surface area (Å²) < 4.78 is 9.45. The van der Waals surface area contributed by atoms with Crippen LogP contribution in [0.15, 0.2) is 52.5 Å². The minimum absolute atomic E-state index is 0.117. The lowest BCUT2D eigenvalue weighted by atomic mass is 10.0. The van der Waals surface area contributed by atoms with Crippen molar-refractivity contribution in [2.45, 2.75) is 57.5 Å². The quantitative estimate of drug-likeness (QED) is 0.578. The molecule has 1 unspecified atom stereocenters. The lowest BCUT2D eigenvalue weighted by Crippen LogP contribution is -2.46. The predicted octanol–water partition coefficient (Wildman–Crippen LogP) is 4.70. The van der Waals surface area contributed by atoms with Crippen LogP contribution in [0.3, 0.4) is 0 Å². The number of nitrogens with one attached hydrogen (secondary N) is 1. The van der Waals surface area contributed by atoms with Crippen LogP contribution in [-0.2, 0) is 4.79 Å². The predicted molar refractivity (Wildman–Crippen MR) is 119 cm³/mol. The van der Waals surface area contributed by atoms with Crippen molar-refractivity contribution in [2.75, 3.05) is 4.90 Å². The van der Waals surface area contributed by atoms with Gasteiger partial charge in [0.1, 0.15) is 5.76 Å². The minimum Gasteiger partial charge on any atom is -0.467 e. The SMILES string of the molecule is CC(C)c1ccc(N(C(=O)c2csnn2)C(C(=O)NC2CCCC2)c2ccco2)cc1. The Morgan fingerprint density at radius 3 is 2.48 bits per heavy atom. The van der Waals surface area contributed by atoms with Crippen molar-refractivity contribution in [1.29, 1.82) is 0 Å². The van der Waals surface area contributed by atoms with Gasteiger partial charge in [0, 0.05) is 17.1 Å². The molecule has 1 aromatic carbocycles. The van der Waals surface area contributed by atoms with E-state index in [1.165, 1.54) is 11.2 Å². The first kappa shape index (κ1) is 21.2. The van der Waals surface area contributed by atoms with E-state index in [4.69, 9.17) is 4.42 Å². The van der Waals surface area contributed by atoms with Crippen LogP contribution in [0.4, 0.5) is 5.69 Å². The topological polar surface area (TPSA) is 88.3 Å². The van der Waals surface area contributed by atoms with Crippen LogP contribution in [0.25, 0.3) is 0 Å². The third-order valence-corrected chi connectivity index (χ3v) is 6.16. The minimum atomic E-state index is -0.949. The number of benzene rings is 1. The zero-order valence-electron chi connectivity index (χ0n) is 17.7. The van der Waals surface area contributed by atoms with Gasteiger partial charge in [-0.15, -0.1) is 5.10 Å². The Kier molecular flexibility index (Phi) is 6.46. The number of hydrogen-bond acceptors (Lipinski definition) is 6. The zero-order chi connectivity index (χ0) is 21.8. The first-order chi connectivity index (χ1) is 15.0. The smallest absolute Gasteiger partial charge is 0.280 e. The van der Waals surface area contributed by atoms with Crippen molar-refractivity contribution in [3.8, 4) is 0 Å². The summed E-state index contributed by atoms with van der Waals surface area (Å²) in [4.78, 5) is 28.4. The average molecular weight is 439 g/mol. The molecule has 3 aromatic rings. The number of carbonyl (C=O) groups excluding carboxylic acids is 2. The highest BCUT2D eigenvalue weighted by Gasteiger charge is 2.37. The molecule has 31 heavy (non-hydrogen) atoms. The zero-order valence-corrected chi connectivity index (χ0v) is 18.5. The van der Waals surface area contributed by atoms with E-state index in [-0.39, 0.29) is 17.6 Å². The van der Waals surface area contributed by atoms with Crippen LogP contribution in [0.5, 0.6) is 0 Å². The standard InChI is InChI=1S/C23H26N4O3S/c1-15(2)16-9-11-18(12-10-16)27(23(29)19-14-31-26-25-19)21(20-8-5-13-30-20)22(28)24-17-6-3-4-7-17/h5,8-15,17,21H,3-4,6-7H2,1-2H3,(H,24,28). The maximum atomic E-state index is 13.5. The fraction of sp³-hybridized carbons (Fsp3) is 0.391. The van der Waals surface area contributed by atoms with Crippen molar-refractivity contribution < 1.29 is 14.0 Å². The number of furan rings is 1. The second kappa shape index (κ2) is 9.43. The molecule has 0 spiro atoms. The maximum absolute atomic E-state index is 13.5. The van der Waals surface area contributed by atoms with Gasteiger partial charge in [-0.1, -0.05) is 43.3 Å². The first-order valence-electron chi connectivity index (χ1n) is 10.6. The molecule has 162 valence electrons. The van der Waals surface area contributed by atoms with E-state index in [0.29, 0.717) is 17.4 Å². The van der Waals surface area contributed by atoms with E-state index < -0.39 is 11.9 Å². The second-order valence-corrected chi connectivity index (χ2v) is 8.73. The Hall–Kier alpha value is -3.00. The molecule has 1 aliphatic rings. The van der Waals surface area contributed by atoms with Gasteiger partial charge >= 0.3 is 0 Å². The first-order valence-corrected chi connectivity index (χ1v) is 11.4. The molecule has 7 nitrogen and oxygen atoms in total. The molecule has 1 saturated carbocycles. The Labute approximate surface area is 185 Å². The van der Waals surface area contributed by atoms with Gasteiger partial charge in [0.15, 0.2) is 11.7 Å². The van der Waals surface area contributed by atoms with Gasteiger partial charge in [0.05, 0.1) is 6.26 Å². The number of rotatable bonds is 7. The molecule has 1 aliphatic carbocycles. The lowest BCUT2D eigenvalue weighted by Gasteiger charge is -2.30. The molecule has 1 fully saturated rings. The summed E-state index contributed by atoms with van der Waals surface area (Å²) in [5.74, 6) is 0.104. The van der Waals surface area contributed by atoms with E-state index in [1.807, 2.05) is 24.3 Å². The molecule has 0 radical (unpaired) electrons. The second-order valence-electron chi connectivity index (χ2n) is 8.12. The summed E-state index contributed by atoms with van der Waals surface area (Å²) in [5, 5.41) is 8.66. The highest BCUT2D eigenvalue weighted by Crippen LogP contribution is 2.32. The summed E-state index contributed by atoms with van der Waals surface area (Å²) in [5.41, 5.74) is 1.95. The third-order valence-electron chi connectivity index (χ3n) is 5.66. The summed E-state index contributed by atoms with van der Waals surface area (Å²) in [6.45, 7) is 4.22. The van der Waals surface area contributed by atoms with Crippen LogP contribution < -0.4 is 10.2 Å². The number of aromatic nitrogens is 2. The van der Waals surface area contributed by atoms with Crippen molar-refractivity contribution in [3.05, 3.63) is 65.1 Å². The molecule has 4 rings (SSSR count). The largest absolute Gasteiger partial charge is 0.467 e. The third kappa shape index (κ3) is 4.69. The van der Waals surface area contributed by atoms with E-state index >= 15 is 0 Å². The summed E-state index contributed by atoms with van der Waals surface area (Å²) in [7, 11) is 0. The van der Waals surface area contributed by atoms with Gasteiger partial charge in [0.25, 0.3) is 11.8 Å². The van der Waals surface area contributed by atoms with Crippen LogP contribution >= 0.6 is 11.5 Å². The van der Waals surface area contributed by atoms with Crippen LogP contribution in [0.2, 0.25) is 0 Å². The Morgan fingerprint density at radius 1 is 1.16 bits per heavy atom. The summed E-state index contributed by atoms with van der Waals surface area (Å²) >= 11 is 1.10. The molecule has 0 saturated heterocycles. The van der Waals surface area contributed by atoms with E-state index in [1.54, 1.807) is 17.5 Å². The van der Waals surface area contributed by atoms with Gasteiger partial charge < -0.3 is 9.73 Å². The van der Waals surface area contributed by atoms with E-state index in [0.717, 1.165) is 42.8 Å². The molecule has 8 heteroatoms. The van der Waals surface area contributed by atoms with Crippen LogP contribution in [0.1, 0.15) is 73.3 Å². The van der Waals surface area contributed by atoms with Gasteiger partial charge in [-0.05, 0) is 60.1 Å². The molecule has 1 atom stereocenters. The molecular weight excluding hydrogens is 412 g/mol. The lowest BCUT2D eigenvalue weighted by molar-refractivity contribution is -0.123. The van der Waals surface area contributed by atoms with E-state index in [2.05, 4.69) is 28.8 Å². The fourth-order valence-electron chi connectivity index (χ4n) is 3.96. The van der Waals surface area contributed by atoms with Crippen molar-refractivity contribution in [3.63, 3.8) is 0 Å². The van der Waals surface area contributed by atoms with Crippen LogP contribution in [-0.4, -0.2) is 27.4 Å². The monoisotopic (exact) mass is 438 g/mol. The number of hydrogen-bond donors (Lipinski definition) is 1. The van der Waals surface area contributed by atoms with Gasteiger partial charge in [-0.25, -0.2) is 0 Å². The van der Waals surface area contributed by atoms with Crippen molar-refractivity contribution >= 4 is 29.0 Å². The normalized spacial score (nSPS) is 15.2. The molecule has 2 amide bonds. The fourth-order valence-corrected chi connectivity index (χ4v) is 4.39. The number of nitrogens with zero attached hydrogens (tertiary/aromatic N) is 3. The molecule has 0 aliphatic heterocycles. The molecule has 2 heterocycles. The molecule has 1 N–H and O–H groups in total. The number of carbonyl (C=O) groups is 2. The number of amides is 2. The maximum Gasteiger partial charge on any atom is 0.280 e. The highest BCUT2D eigenvalue weighted by molar-refractivity contribution is 7.03. The Bertz CT molecular complexity index is 994. The van der Waals surface area contributed by atoms with Crippen LogP contribution in [0, 0.1) is 0 Å². The van der Waals surface area contributed by atoms with Gasteiger partial charge in [-0.2, -0.15) is 0 Å². The Balaban J connectivity index is 1.75.